The van der Waals surface area contributed by atoms with Gasteiger partial charge in [-0.05, 0) is 18.2 Å². The molecule has 1 heterocycles. The molecule has 3 rings (SSSR count). The summed E-state index contributed by atoms with van der Waals surface area (Å²) in [6.07, 6.45) is 0. The standard InChI is InChI=1S/C19H23N5O/c1-20-19(21-12-14-8-4-7-11-17(14)25-3)22-13-18-23-15-9-5-6-10-16(15)24(18)2/h4-11H,12-13H2,1-3H3,(H2,20,21,22). The second kappa shape index (κ2) is 7.70. The minimum atomic E-state index is 0.594. The minimum absolute atomic E-state index is 0.594. The lowest BCUT2D eigenvalue weighted by Gasteiger charge is -2.13. The highest BCUT2D eigenvalue weighted by Crippen LogP contribution is 2.16. The number of nitrogens with one attached hydrogen (secondary N) is 2. The third-order valence-corrected chi connectivity index (χ3v) is 4.16. The van der Waals surface area contributed by atoms with E-state index in [0.29, 0.717) is 13.1 Å². The van der Waals surface area contributed by atoms with Gasteiger partial charge in [-0.3, -0.25) is 4.99 Å². The van der Waals surface area contributed by atoms with Crippen LogP contribution in [0.25, 0.3) is 11.0 Å². The van der Waals surface area contributed by atoms with Crippen LogP contribution in [0.5, 0.6) is 5.75 Å². The molecule has 2 N–H and O–H groups in total. The Morgan fingerprint density at radius 1 is 1.08 bits per heavy atom. The van der Waals surface area contributed by atoms with E-state index in [0.717, 1.165) is 34.1 Å². The molecule has 0 saturated heterocycles. The summed E-state index contributed by atoms with van der Waals surface area (Å²) in [7, 11) is 5.46. The van der Waals surface area contributed by atoms with Crippen LogP contribution in [0.15, 0.2) is 53.5 Å². The molecule has 0 saturated carbocycles. The Bertz CT molecular complexity index is 884. The van der Waals surface area contributed by atoms with Crippen molar-refractivity contribution in [3.63, 3.8) is 0 Å². The van der Waals surface area contributed by atoms with Crippen molar-refractivity contribution in [3.05, 3.63) is 59.9 Å². The SMILES string of the molecule is CN=C(NCc1ccccc1OC)NCc1nc2ccccc2n1C. The van der Waals surface area contributed by atoms with Gasteiger partial charge in [0.05, 0.1) is 24.7 Å². The Morgan fingerprint density at radius 2 is 1.80 bits per heavy atom. The van der Waals surface area contributed by atoms with Gasteiger partial charge in [-0.25, -0.2) is 4.98 Å². The molecule has 6 nitrogen and oxygen atoms in total. The van der Waals surface area contributed by atoms with E-state index < -0.39 is 0 Å². The van der Waals surface area contributed by atoms with Crippen LogP contribution in [0.2, 0.25) is 0 Å². The van der Waals surface area contributed by atoms with Gasteiger partial charge >= 0.3 is 0 Å². The Labute approximate surface area is 147 Å². The van der Waals surface area contributed by atoms with Crippen molar-refractivity contribution < 1.29 is 4.74 Å². The molecule has 0 spiro atoms. The highest BCUT2D eigenvalue weighted by atomic mass is 16.5. The lowest BCUT2D eigenvalue weighted by atomic mass is 10.2. The van der Waals surface area contributed by atoms with E-state index in [-0.39, 0.29) is 0 Å². The molecule has 2 aromatic carbocycles. The van der Waals surface area contributed by atoms with Crippen LogP contribution >= 0.6 is 0 Å². The monoisotopic (exact) mass is 337 g/mol. The van der Waals surface area contributed by atoms with Crippen LogP contribution in [0, 0.1) is 0 Å². The third-order valence-electron chi connectivity index (χ3n) is 4.16. The molecular formula is C19H23N5O. The fourth-order valence-electron chi connectivity index (χ4n) is 2.76. The number of methoxy groups -OCH3 is 1. The van der Waals surface area contributed by atoms with Crippen molar-refractivity contribution in [3.8, 4) is 5.75 Å². The summed E-state index contributed by atoms with van der Waals surface area (Å²) in [5, 5.41) is 6.62. The van der Waals surface area contributed by atoms with Crippen LogP contribution in [0.3, 0.4) is 0 Å². The second-order valence-corrected chi connectivity index (χ2v) is 5.67. The molecule has 25 heavy (non-hydrogen) atoms. The Morgan fingerprint density at radius 3 is 2.56 bits per heavy atom. The fourth-order valence-corrected chi connectivity index (χ4v) is 2.76. The van der Waals surface area contributed by atoms with Gasteiger partial charge in [-0.1, -0.05) is 30.3 Å². The molecule has 0 bridgehead atoms. The fraction of sp³-hybridized carbons (Fsp3) is 0.263. The van der Waals surface area contributed by atoms with E-state index >= 15 is 0 Å². The number of para-hydroxylation sites is 3. The predicted molar refractivity (Wildman–Crippen MR) is 101 cm³/mol. The number of hydrogen-bond acceptors (Lipinski definition) is 3. The largest absolute Gasteiger partial charge is 0.496 e. The van der Waals surface area contributed by atoms with Gasteiger partial charge in [-0.2, -0.15) is 0 Å². The van der Waals surface area contributed by atoms with Gasteiger partial charge < -0.3 is 19.9 Å². The van der Waals surface area contributed by atoms with Crippen LogP contribution in [0.1, 0.15) is 11.4 Å². The van der Waals surface area contributed by atoms with Crippen LogP contribution in [0.4, 0.5) is 0 Å². The van der Waals surface area contributed by atoms with Crippen molar-refractivity contribution in [2.24, 2.45) is 12.0 Å². The number of ether oxygens (including phenoxy) is 1. The quantitative estimate of drug-likeness (QED) is 0.554. The summed E-state index contributed by atoms with van der Waals surface area (Å²) in [5.74, 6) is 2.54. The summed E-state index contributed by atoms with van der Waals surface area (Å²) in [6.45, 7) is 1.23. The molecule has 0 amide bonds. The van der Waals surface area contributed by atoms with E-state index in [2.05, 4.69) is 31.2 Å². The van der Waals surface area contributed by atoms with E-state index in [1.807, 2.05) is 49.5 Å². The topological polar surface area (TPSA) is 63.5 Å². The zero-order valence-electron chi connectivity index (χ0n) is 14.8. The first kappa shape index (κ1) is 16.8. The first-order valence-corrected chi connectivity index (χ1v) is 8.19. The van der Waals surface area contributed by atoms with Crippen molar-refractivity contribution in [2.75, 3.05) is 14.2 Å². The van der Waals surface area contributed by atoms with Crippen molar-refractivity contribution >= 4 is 17.0 Å². The molecule has 0 aliphatic rings. The number of imidazole rings is 1. The Balaban J connectivity index is 1.63. The molecule has 0 radical (unpaired) electrons. The first-order valence-electron chi connectivity index (χ1n) is 8.19. The number of nitrogens with zero attached hydrogens (tertiary/aromatic N) is 3. The molecule has 1 aromatic heterocycles. The normalized spacial score (nSPS) is 11.6. The van der Waals surface area contributed by atoms with Gasteiger partial charge in [0.25, 0.3) is 0 Å². The van der Waals surface area contributed by atoms with Crippen molar-refractivity contribution in [1.29, 1.82) is 0 Å². The number of hydrogen-bond donors (Lipinski definition) is 2. The maximum Gasteiger partial charge on any atom is 0.191 e. The highest BCUT2D eigenvalue weighted by Gasteiger charge is 2.08. The third kappa shape index (κ3) is 3.74. The smallest absolute Gasteiger partial charge is 0.191 e. The maximum absolute atomic E-state index is 5.38. The van der Waals surface area contributed by atoms with Gasteiger partial charge in [0, 0.05) is 26.2 Å². The Kier molecular flexibility index (Phi) is 5.18. The number of aliphatic imine (C=N–C) groups is 1. The zero-order chi connectivity index (χ0) is 17.6. The van der Waals surface area contributed by atoms with E-state index in [9.17, 15) is 0 Å². The second-order valence-electron chi connectivity index (χ2n) is 5.67. The lowest BCUT2D eigenvalue weighted by molar-refractivity contribution is 0.409. The first-order chi connectivity index (χ1) is 12.2. The number of fused-ring (bicyclic) bond motifs is 1. The van der Waals surface area contributed by atoms with Crippen LogP contribution in [-0.4, -0.2) is 29.7 Å². The maximum atomic E-state index is 5.38. The average Bonchev–Trinajstić information content (AvgIpc) is 2.98. The number of aromatic nitrogens is 2. The summed E-state index contributed by atoms with van der Waals surface area (Å²) in [5.41, 5.74) is 3.20. The lowest BCUT2D eigenvalue weighted by Crippen LogP contribution is -2.37. The number of aryl methyl sites for hydroxylation is 1. The molecule has 0 aliphatic carbocycles. The number of benzene rings is 2. The summed E-state index contributed by atoms with van der Waals surface area (Å²) in [6, 6.07) is 16.1. The molecule has 0 aliphatic heterocycles. The van der Waals surface area contributed by atoms with Crippen LogP contribution in [-0.2, 0) is 20.1 Å². The predicted octanol–water partition coefficient (Wildman–Crippen LogP) is 2.45. The highest BCUT2D eigenvalue weighted by molar-refractivity contribution is 5.80. The molecule has 0 fully saturated rings. The summed E-state index contributed by atoms with van der Waals surface area (Å²) >= 11 is 0. The molecule has 3 aromatic rings. The van der Waals surface area contributed by atoms with E-state index in [1.165, 1.54) is 0 Å². The minimum Gasteiger partial charge on any atom is -0.496 e. The molecule has 0 unspecified atom stereocenters. The summed E-state index contributed by atoms with van der Waals surface area (Å²) < 4.78 is 7.47. The summed E-state index contributed by atoms with van der Waals surface area (Å²) in [4.78, 5) is 8.94. The molecular weight excluding hydrogens is 314 g/mol. The van der Waals surface area contributed by atoms with Gasteiger partial charge in [0.2, 0.25) is 0 Å². The molecule has 0 atom stereocenters. The number of rotatable bonds is 5. The van der Waals surface area contributed by atoms with Gasteiger partial charge in [-0.15, -0.1) is 0 Å². The Hall–Kier alpha value is -3.02. The average molecular weight is 337 g/mol. The number of guanidine groups is 1. The van der Waals surface area contributed by atoms with E-state index in [1.54, 1.807) is 14.2 Å². The molecule has 130 valence electrons. The van der Waals surface area contributed by atoms with Crippen molar-refractivity contribution in [2.45, 2.75) is 13.1 Å². The zero-order valence-corrected chi connectivity index (χ0v) is 14.8. The van der Waals surface area contributed by atoms with Crippen molar-refractivity contribution in [1.82, 2.24) is 20.2 Å². The van der Waals surface area contributed by atoms with E-state index in [4.69, 9.17) is 4.74 Å². The molecule has 6 heteroatoms. The van der Waals surface area contributed by atoms with Gasteiger partial charge in [0.1, 0.15) is 11.6 Å². The van der Waals surface area contributed by atoms with Crippen LogP contribution < -0.4 is 15.4 Å². The van der Waals surface area contributed by atoms with Gasteiger partial charge in [0.15, 0.2) is 5.96 Å².